The van der Waals surface area contributed by atoms with Crippen molar-refractivity contribution in [1.29, 1.82) is 0 Å². The highest BCUT2D eigenvalue weighted by atomic mass is 16.5. The molecule has 0 radical (unpaired) electrons. The van der Waals surface area contributed by atoms with Crippen molar-refractivity contribution in [3.05, 3.63) is 42.3 Å². The van der Waals surface area contributed by atoms with E-state index in [0.29, 0.717) is 24.9 Å². The molecule has 0 spiro atoms. The Morgan fingerprint density at radius 3 is 2.78 bits per heavy atom. The van der Waals surface area contributed by atoms with Crippen LogP contribution in [0.25, 0.3) is 11.5 Å². The number of carbonyl (C=O) groups is 1. The van der Waals surface area contributed by atoms with Crippen LogP contribution in [-0.2, 0) is 16.1 Å². The van der Waals surface area contributed by atoms with Gasteiger partial charge in [0, 0.05) is 19.2 Å². The van der Waals surface area contributed by atoms with Gasteiger partial charge in [-0.05, 0) is 12.1 Å². The fraction of sp³-hybridized carbons (Fsp3) is 0.312. The Kier molecular flexibility index (Phi) is 6.17. The summed E-state index contributed by atoms with van der Waals surface area (Å²) in [6.45, 7) is 0.911. The first-order valence-electron chi connectivity index (χ1n) is 7.24. The molecule has 23 heavy (non-hydrogen) atoms. The van der Waals surface area contributed by atoms with Crippen LogP contribution in [-0.4, -0.2) is 37.6 Å². The summed E-state index contributed by atoms with van der Waals surface area (Å²) in [5.74, 6) is 0.895. The van der Waals surface area contributed by atoms with Crippen molar-refractivity contribution in [3.63, 3.8) is 0 Å². The third-order valence-corrected chi connectivity index (χ3v) is 3.08. The lowest BCUT2D eigenvalue weighted by molar-refractivity contribution is -0.140. The minimum atomic E-state index is -0.267. The van der Waals surface area contributed by atoms with Gasteiger partial charge in [0.1, 0.15) is 6.26 Å². The highest BCUT2D eigenvalue weighted by molar-refractivity contribution is 5.80. The summed E-state index contributed by atoms with van der Waals surface area (Å²) in [7, 11) is 3.02. The highest BCUT2D eigenvalue weighted by Crippen LogP contribution is 2.17. The van der Waals surface area contributed by atoms with Crippen LogP contribution in [0.15, 0.2) is 46.0 Å². The molecule has 7 heteroatoms. The van der Waals surface area contributed by atoms with E-state index < -0.39 is 0 Å². The number of hydrogen-bond acceptors (Lipinski definition) is 5. The predicted octanol–water partition coefficient (Wildman–Crippen LogP) is 1.57. The molecule has 2 N–H and O–H groups in total. The van der Waals surface area contributed by atoms with Gasteiger partial charge in [-0.25, -0.2) is 4.98 Å². The maximum atomic E-state index is 11.1. The monoisotopic (exact) mass is 316 g/mol. The molecule has 1 aromatic heterocycles. The summed E-state index contributed by atoms with van der Waals surface area (Å²) in [6.07, 6.45) is 1.89. The van der Waals surface area contributed by atoms with Crippen molar-refractivity contribution in [2.75, 3.05) is 20.7 Å². The number of aliphatic imine (C=N–C) groups is 1. The van der Waals surface area contributed by atoms with Crippen molar-refractivity contribution in [2.24, 2.45) is 4.99 Å². The highest BCUT2D eigenvalue weighted by Gasteiger charge is 2.07. The minimum absolute atomic E-state index is 0.267. The van der Waals surface area contributed by atoms with Crippen LogP contribution in [0.1, 0.15) is 12.1 Å². The van der Waals surface area contributed by atoms with E-state index in [4.69, 9.17) is 4.42 Å². The van der Waals surface area contributed by atoms with Crippen molar-refractivity contribution in [1.82, 2.24) is 15.6 Å². The maximum Gasteiger partial charge on any atom is 0.307 e. The van der Waals surface area contributed by atoms with Gasteiger partial charge in [0.2, 0.25) is 5.89 Å². The van der Waals surface area contributed by atoms with Crippen molar-refractivity contribution in [2.45, 2.75) is 13.0 Å². The number of hydrogen-bond donors (Lipinski definition) is 2. The van der Waals surface area contributed by atoms with Gasteiger partial charge in [-0.1, -0.05) is 18.2 Å². The first-order valence-corrected chi connectivity index (χ1v) is 7.24. The molecule has 0 fully saturated rings. The fourth-order valence-electron chi connectivity index (χ4n) is 1.88. The topological polar surface area (TPSA) is 88.8 Å². The number of methoxy groups -OCH3 is 1. The number of nitrogens with zero attached hydrogens (tertiary/aromatic N) is 2. The van der Waals surface area contributed by atoms with Crippen molar-refractivity contribution in [3.8, 4) is 11.5 Å². The van der Waals surface area contributed by atoms with Gasteiger partial charge >= 0.3 is 5.97 Å². The number of ether oxygens (including phenoxy) is 1. The summed E-state index contributed by atoms with van der Waals surface area (Å²) in [5, 5.41) is 6.13. The molecule has 0 atom stereocenters. The van der Waals surface area contributed by atoms with Crippen LogP contribution < -0.4 is 10.6 Å². The lowest BCUT2D eigenvalue weighted by Crippen LogP contribution is -2.38. The van der Waals surface area contributed by atoms with Crippen LogP contribution in [0, 0.1) is 0 Å². The molecule has 0 saturated carbocycles. The van der Waals surface area contributed by atoms with Crippen LogP contribution in [0.4, 0.5) is 0 Å². The summed E-state index contributed by atoms with van der Waals surface area (Å²) in [4.78, 5) is 19.6. The zero-order valence-corrected chi connectivity index (χ0v) is 13.2. The zero-order chi connectivity index (χ0) is 16.5. The number of guanidine groups is 1. The van der Waals surface area contributed by atoms with Gasteiger partial charge in [0.05, 0.1) is 25.8 Å². The zero-order valence-electron chi connectivity index (χ0n) is 13.2. The molecule has 0 aliphatic heterocycles. The van der Waals surface area contributed by atoms with Crippen molar-refractivity contribution >= 4 is 11.9 Å². The number of oxazole rings is 1. The second-order valence-corrected chi connectivity index (χ2v) is 4.69. The van der Waals surface area contributed by atoms with E-state index in [1.165, 1.54) is 7.11 Å². The predicted molar refractivity (Wildman–Crippen MR) is 86.8 cm³/mol. The summed E-state index contributed by atoms with van der Waals surface area (Å²) >= 11 is 0. The average Bonchev–Trinajstić information content (AvgIpc) is 3.07. The van der Waals surface area contributed by atoms with Crippen LogP contribution in [0.2, 0.25) is 0 Å². The summed E-state index contributed by atoms with van der Waals surface area (Å²) < 4.78 is 10.0. The maximum absolute atomic E-state index is 11.1. The number of nitrogens with one attached hydrogen (secondary N) is 2. The van der Waals surface area contributed by atoms with E-state index >= 15 is 0 Å². The van der Waals surface area contributed by atoms with E-state index in [9.17, 15) is 4.79 Å². The van der Waals surface area contributed by atoms with Gasteiger partial charge in [-0.2, -0.15) is 0 Å². The first-order chi connectivity index (χ1) is 11.2. The molecule has 1 aromatic carbocycles. The van der Waals surface area contributed by atoms with Gasteiger partial charge < -0.3 is 19.8 Å². The molecule has 7 nitrogen and oxygen atoms in total. The van der Waals surface area contributed by atoms with E-state index in [2.05, 4.69) is 25.3 Å². The standard InChI is InChI=1S/C16H20N4O3/c1-17-16(18-9-8-14(21)22-2)19-10-13-11-23-15(20-13)12-6-4-3-5-7-12/h3-7,11H,8-10H2,1-2H3,(H2,17,18,19). The lowest BCUT2D eigenvalue weighted by atomic mass is 10.2. The third kappa shape index (κ3) is 5.14. The lowest BCUT2D eigenvalue weighted by Gasteiger charge is -2.09. The Hall–Kier alpha value is -2.83. The smallest absolute Gasteiger partial charge is 0.307 e. The first kappa shape index (κ1) is 16.5. The Balaban J connectivity index is 1.83. The van der Waals surface area contributed by atoms with Crippen molar-refractivity contribution < 1.29 is 13.9 Å². The second-order valence-electron chi connectivity index (χ2n) is 4.69. The largest absolute Gasteiger partial charge is 0.469 e. The number of carbonyl (C=O) groups excluding carboxylic acids is 1. The van der Waals surface area contributed by atoms with Crippen LogP contribution in [0.5, 0.6) is 0 Å². The molecule has 122 valence electrons. The average molecular weight is 316 g/mol. The molecule has 2 rings (SSSR count). The Morgan fingerprint density at radius 2 is 2.09 bits per heavy atom. The molecular formula is C16H20N4O3. The van der Waals surface area contributed by atoms with Crippen LogP contribution >= 0.6 is 0 Å². The SMILES string of the molecule is CN=C(NCCC(=O)OC)NCc1coc(-c2ccccc2)n1. The van der Waals surface area contributed by atoms with E-state index in [1.807, 2.05) is 30.3 Å². The Bertz CT molecular complexity index is 652. The molecule has 0 aliphatic rings. The summed E-state index contributed by atoms with van der Waals surface area (Å²) in [5.41, 5.74) is 1.69. The molecule has 1 heterocycles. The van der Waals surface area contributed by atoms with Gasteiger partial charge in [0.25, 0.3) is 0 Å². The second kappa shape index (κ2) is 8.57. The molecule has 0 saturated heterocycles. The number of benzene rings is 1. The normalized spacial score (nSPS) is 11.1. The fourth-order valence-corrected chi connectivity index (χ4v) is 1.88. The minimum Gasteiger partial charge on any atom is -0.469 e. The third-order valence-electron chi connectivity index (χ3n) is 3.08. The molecular weight excluding hydrogens is 296 g/mol. The van der Waals surface area contributed by atoms with Gasteiger partial charge in [-0.3, -0.25) is 9.79 Å². The van der Waals surface area contributed by atoms with Gasteiger partial charge in [0.15, 0.2) is 5.96 Å². The Morgan fingerprint density at radius 1 is 1.30 bits per heavy atom. The molecule has 2 aromatic rings. The summed E-state index contributed by atoms with van der Waals surface area (Å²) in [6, 6.07) is 9.70. The Labute approximate surface area is 134 Å². The van der Waals surface area contributed by atoms with E-state index in [1.54, 1.807) is 13.3 Å². The molecule has 0 bridgehead atoms. The number of aromatic nitrogens is 1. The van der Waals surface area contributed by atoms with Gasteiger partial charge in [-0.15, -0.1) is 0 Å². The number of rotatable bonds is 6. The molecule has 0 amide bonds. The number of esters is 1. The van der Waals surface area contributed by atoms with Crippen LogP contribution in [0.3, 0.4) is 0 Å². The van der Waals surface area contributed by atoms with E-state index in [0.717, 1.165) is 11.3 Å². The molecule has 0 aliphatic carbocycles. The quantitative estimate of drug-likeness (QED) is 0.478. The molecule has 0 unspecified atom stereocenters. The van der Waals surface area contributed by atoms with E-state index in [-0.39, 0.29) is 12.4 Å².